The zero-order valence-electron chi connectivity index (χ0n) is 9.91. The predicted molar refractivity (Wildman–Crippen MR) is 68.6 cm³/mol. The van der Waals surface area contributed by atoms with Crippen LogP contribution < -0.4 is 16.4 Å². The van der Waals surface area contributed by atoms with Crippen molar-refractivity contribution in [3.63, 3.8) is 0 Å². The van der Waals surface area contributed by atoms with Crippen LogP contribution in [0.1, 0.15) is 18.4 Å². The molecule has 1 saturated heterocycles. The van der Waals surface area contributed by atoms with E-state index in [1.54, 1.807) is 0 Å². The fraction of sp³-hybridized carbons (Fsp3) is 0.462. The second kappa shape index (κ2) is 5.80. The highest BCUT2D eigenvalue weighted by Gasteiger charge is 2.20. The smallest absolute Gasteiger partial charge is 0.228 e. The van der Waals surface area contributed by atoms with E-state index in [-0.39, 0.29) is 11.8 Å². The van der Waals surface area contributed by atoms with E-state index in [0.29, 0.717) is 6.54 Å². The van der Waals surface area contributed by atoms with Gasteiger partial charge in [-0.1, -0.05) is 12.1 Å². The standard InChI is InChI=1S/C13H19N3O/c14-8-10-3-1-5-12(7-10)16-13(17)11-4-2-6-15-9-11/h1,3,5,7,11,15H,2,4,6,8-9,14H2,(H,16,17). The lowest BCUT2D eigenvalue weighted by Crippen LogP contribution is -2.37. The predicted octanol–water partition coefficient (Wildman–Crippen LogP) is 1.08. The third-order valence-electron chi connectivity index (χ3n) is 3.10. The molecule has 0 saturated carbocycles. The quantitative estimate of drug-likeness (QED) is 0.732. The molecule has 1 aliphatic heterocycles. The van der Waals surface area contributed by atoms with Crippen molar-refractivity contribution >= 4 is 11.6 Å². The van der Waals surface area contributed by atoms with Crippen molar-refractivity contribution in [2.24, 2.45) is 11.7 Å². The fourth-order valence-corrected chi connectivity index (χ4v) is 2.10. The maximum Gasteiger partial charge on any atom is 0.228 e. The Morgan fingerprint density at radius 2 is 2.41 bits per heavy atom. The van der Waals surface area contributed by atoms with E-state index >= 15 is 0 Å². The van der Waals surface area contributed by atoms with E-state index in [9.17, 15) is 4.79 Å². The summed E-state index contributed by atoms with van der Waals surface area (Å²) in [5, 5.41) is 6.20. The number of hydrogen-bond donors (Lipinski definition) is 3. The number of anilines is 1. The molecule has 0 aromatic heterocycles. The van der Waals surface area contributed by atoms with Gasteiger partial charge in [-0.15, -0.1) is 0 Å². The first-order valence-electron chi connectivity index (χ1n) is 6.10. The average molecular weight is 233 g/mol. The summed E-state index contributed by atoms with van der Waals surface area (Å²) in [7, 11) is 0. The summed E-state index contributed by atoms with van der Waals surface area (Å²) in [6, 6.07) is 7.69. The molecular formula is C13H19N3O. The molecule has 1 atom stereocenters. The van der Waals surface area contributed by atoms with Crippen molar-refractivity contribution < 1.29 is 4.79 Å². The summed E-state index contributed by atoms with van der Waals surface area (Å²) < 4.78 is 0. The molecule has 0 spiro atoms. The molecule has 1 fully saturated rings. The van der Waals surface area contributed by atoms with Gasteiger partial charge >= 0.3 is 0 Å². The Morgan fingerprint density at radius 3 is 3.12 bits per heavy atom. The van der Waals surface area contributed by atoms with Crippen molar-refractivity contribution in [2.75, 3.05) is 18.4 Å². The maximum atomic E-state index is 12.0. The highest BCUT2D eigenvalue weighted by Crippen LogP contribution is 2.15. The van der Waals surface area contributed by atoms with Crippen molar-refractivity contribution in [3.8, 4) is 0 Å². The molecule has 1 amide bonds. The number of nitrogens with one attached hydrogen (secondary N) is 2. The molecule has 2 rings (SSSR count). The third kappa shape index (κ3) is 3.28. The summed E-state index contributed by atoms with van der Waals surface area (Å²) in [5.74, 6) is 0.191. The van der Waals surface area contributed by atoms with Crippen molar-refractivity contribution in [3.05, 3.63) is 29.8 Å². The van der Waals surface area contributed by atoms with Gasteiger partial charge in [-0.3, -0.25) is 4.79 Å². The molecule has 1 heterocycles. The Labute approximate surface area is 102 Å². The third-order valence-corrected chi connectivity index (χ3v) is 3.10. The lowest BCUT2D eigenvalue weighted by molar-refractivity contribution is -0.120. The number of nitrogens with two attached hydrogens (primary N) is 1. The van der Waals surface area contributed by atoms with Crippen LogP contribution in [0.15, 0.2) is 24.3 Å². The minimum Gasteiger partial charge on any atom is -0.326 e. The summed E-state index contributed by atoms with van der Waals surface area (Å²) in [4.78, 5) is 12.0. The van der Waals surface area contributed by atoms with Crippen LogP contribution in [0.25, 0.3) is 0 Å². The van der Waals surface area contributed by atoms with Crippen molar-refractivity contribution in [1.82, 2.24) is 5.32 Å². The normalized spacial score (nSPS) is 19.9. The topological polar surface area (TPSA) is 67.1 Å². The lowest BCUT2D eigenvalue weighted by atomic mass is 9.99. The molecule has 0 aliphatic carbocycles. The summed E-state index contributed by atoms with van der Waals surface area (Å²) in [5.41, 5.74) is 7.44. The SMILES string of the molecule is NCc1cccc(NC(=O)C2CCCNC2)c1. The Balaban J connectivity index is 1.96. The zero-order chi connectivity index (χ0) is 12.1. The van der Waals surface area contributed by atoms with E-state index in [1.165, 1.54) is 0 Å². The molecule has 1 aromatic carbocycles. The minimum atomic E-state index is 0.0882. The van der Waals surface area contributed by atoms with Gasteiger partial charge in [0.15, 0.2) is 0 Å². The number of rotatable bonds is 3. The Morgan fingerprint density at radius 1 is 1.53 bits per heavy atom. The van der Waals surface area contributed by atoms with Crippen molar-refractivity contribution in [2.45, 2.75) is 19.4 Å². The lowest BCUT2D eigenvalue weighted by Gasteiger charge is -2.22. The van der Waals surface area contributed by atoms with Gasteiger partial charge in [0, 0.05) is 18.8 Å². The van der Waals surface area contributed by atoms with Crippen LogP contribution in [-0.2, 0) is 11.3 Å². The summed E-state index contributed by atoms with van der Waals surface area (Å²) >= 11 is 0. The molecule has 1 aromatic rings. The van der Waals surface area contributed by atoms with E-state index in [4.69, 9.17) is 5.73 Å². The molecule has 4 heteroatoms. The molecule has 1 aliphatic rings. The van der Waals surface area contributed by atoms with E-state index in [2.05, 4.69) is 10.6 Å². The van der Waals surface area contributed by atoms with E-state index < -0.39 is 0 Å². The first kappa shape index (κ1) is 12.1. The van der Waals surface area contributed by atoms with Crippen LogP contribution in [-0.4, -0.2) is 19.0 Å². The highest BCUT2D eigenvalue weighted by molar-refractivity contribution is 5.92. The molecule has 0 bridgehead atoms. The van der Waals surface area contributed by atoms with Crippen LogP contribution in [0.5, 0.6) is 0 Å². The summed E-state index contributed by atoms with van der Waals surface area (Å²) in [6.45, 7) is 2.30. The number of hydrogen-bond acceptors (Lipinski definition) is 3. The van der Waals surface area contributed by atoms with Gasteiger partial charge in [0.2, 0.25) is 5.91 Å². The number of carbonyl (C=O) groups excluding carboxylic acids is 1. The number of carbonyl (C=O) groups is 1. The van der Waals surface area contributed by atoms with Gasteiger partial charge in [-0.2, -0.15) is 0 Å². The first-order chi connectivity index (χ1) is 8.29. The Hall–Kier alpha value is -1.39. The monoisotopic (exact) mass is 233 g/mol. The van der Waals surface area contributed by atoms with E-state index in [0.717, 1.165) is 37.2 Å². The number of amides is 1. The second-order valence-corrected chi connectivity index (χ2v) is 4.44. The summed E-state index contributed by atoms with van der Waals surface area (Å²) in [6.07, 6.45) is 2.04. The van der Waals surface area contributed by atoms with Gasteiger partial charge in [-0.05, 0) is 37.1 Å². The van der Waals surface area contributed by atoms with Gasteiger partial charge < -0.3 is 16.4 Å². The van der Waals surface area contributed by atoms with Crippen LogP contribution in [0.3, 0.4) is 0 Å². The molecule has 17 heavy (non-hydrogen) atoms. The van der Waals surface area contributed by atoms with Gasteiger partial charge in [0.05, 0.1) is 5.92 Å². The zero-order valence-corrected chi connectivity index (χ0v) is 9.91. The van der Waals surface area contributed by atoms with Crippen LogP contribution in [0, 0.1) is 5.92 Å². The molecule has 4 nitrogen and oxygen atoms in total. The van der Waals surface area contributed by atoms with Crippen LogP contribution >= 0.6 is 0 Å². The fourth-order valence-electron chi connectivity index (χ4n) is 2.10. The molecule has 92 valence electrons. The Kier molecular flexibility index (Phi) is 4.12. The second-order valence-electron chi connectivity index (χ2n) is 4.44. The number of benzene rings is 1. The Bertz CT molecular complexity index is 386. The van der Waals surface area contributed by atoms with Gasteiger partial charge in [0.25, 0.3) is 0 Å². The minimum absolute atomic E-state index is 0.0882. The largest absolute Gasteiger partial charge is 0.326 e. The molecule has 0 radical (unpaired) electrons. The van der Waals surface area contributed by atoms with Gasteiger partial charge in [0.1, 0.15) is 0 Å². The van der Waals surface area contributed by atoms with Crippen LogP contribution in [0.2, 0.25) is 0 Å². The van der Waals surface area contributed by atoms with Crippen molar-refractivity contribution in [1.29, 1.82) is 0 Å². The maximum absolute atomic E-state index is 12.0. The number of piperidine rings is 1. The molecule has 1 unspecified atom stereocenters. The molecule has 4 N–H and O–H groups in total. The van der Waals surface area contributed by atoms with Crippen LogP contribution in [0.4, 0.5) is 5.69 Å². The molecular weight excluding hydrogens is 214 g/mol. The first-order valence-corrected chi connectivity index (χ1v) is 6.10. The highest BCUT2D eigenvalue weighted by atomic mass is 16.1. The van der Waals surface area contributed by atoms with E-state index in [1.807, 2.05) is 24.3 Å². The van der Waals surface area contributed by atoms with Gasteiger partial charge in [-0.25, -0.2) is 0 Å². The average Bonchev–Trinajstić information content (AvgIpc) is 2.40.